The molecule has 1 rings (SSSR count). The number of rotatable bonds is 1. The van der Waals surface area contributed by atoms with Crippen molar-refractivity contribution < 1.29 is 13.6 Å². The lowest BCUT2D eigenvalue weighted by Crippen LogP contribution is -1.58. The van der Waals surface area contributed by atoms with Crippen molar-refractivity contribution in [2.24, 2.45) is 0 Å². The minimum Gasteiger partial charge on any atom is -0.310 e. The highest BCUT2D eigenvalue weighted by molar-refractivity contribution is 7.59. The summed E-state index contributed by atoms with van der Waals surface area (Å²) in [5.74, 6) is 0. The predicted molar refractivity (Wildman–Crippen MR) is 20.6 cm³/mol. The first-order chi connectivity index (χ1) is 2.77. The molecule has 0 N–H and O–H groups in total. The van der Waals surface area contributed by atoms with Crippen molar-refractivity contribution in [3.63, 3.8) is 0 Å². The SMILES string of the molecule is COP1(=O)CO1. The highest BCUT2D eigenvalue weighted by atomic mass is 31.2. The third-order valence-corrected chi connectivity index (χ3v) is 1.85. The molecule has 1 atom stereocenters. The summed E-state index contributed by atoms with van der Waals surface area (Å²) in [5.41, 5.74) is 0. The van der Waals surface area contributed by atoms with Crippen molar-refractivity contribution >= 4 is 7.60 Å². The van der Waals surface area contributed by atoms with Crippen LogP contribution in [0, 0.1) is 0 Å². The summed E-state index contributed by atoms with van der Waals surface area (Å²) in [7, 11) is -1.01. The zero-order valence-electron chi connectivity index (χ0n) is 3.38. The molecular weight excluding hydrogens is 103 g/mol. The van der Waals surface area contributed by atoms with E-state index in [1.807, 2.05) is 0 Å². The van der Waals surface area contributed by atoms with Gasteiger partial charge in [-0.2, -0.15) is 0 Å². The first kappa shape index (κ1) is 4.31. The van der Waals surface area contributed by atoms with E-state index in [0.29, 0.717) is 6.35 Å². The second-order valence-electron chi connectivity index (χ2n) is 1.05. The fourth-order valence-electron chi connectivity index (χ4n) is 0.153. The van der Waals surface area contributed by atoms with Gasteiger partial charge in [0.2, 0.25) is 0 Å². The van der Waals surface area contributed by atoms with E-state index in [9.17, 15) is 4.57 Å². The lowest BCUT2D eigenvalue weighted by Gasteiger charge is -1.79. The van der Waals surface area contributed by atoms with Gasteiger partial charge in [-0.1, -0.05) is 0 Å². The van der Waals surface area contributed by atoms with Gasteiger partial charge in [-0.25, -0.2) is 0 Å². The molecule has 0 saturated carbocycles. The Bertz CT molecular complexity index is 91.0. The van der Waals surface area contributed by atoms with Crippen LogP contribution in [-0.4, -0.2) is 13.5 Å². The van der Waals surface area contributed by atoms with Crippen LogP contribution in [0.2, 0.25) is 0 Å². The van der Waals surface area contributed by atoms with Crippen LogP contribution in [0.4, 0.5) is 0 Å². The monoisotopic (exact) mass is 108 g/mol. The second-order valence-corrected chi connectivity index (χ2v) is 3.16. The van der Waals surface area contributed by atoms with Gasteiger partial charge in [-0.05, 0) is 0 Å². The fourth-order valence-corrected chi connectivity index (χ4v) is 0.740. The van der Waals surface area contributed by atoms with Gasteiger partial charge in [0.15, 0.2) is 6.35 Å². The summed E-state index contributed by atoms with van der Waals surface area (Å²) in [6, 6.07) is 0. The van der Waals surface area contributed by atoms with Gasteiger partial charge in [0.1, 0.15) is 0 Å². The average molecular weight is 108 g/mol. The molecule has 3 nitrogen and oxygen atoms in total. The zero-order valence-corrected chi connectivity index (χ0v) is 4.27. The molecule has 1 unspecified atom stereocenters. The van der Waals surface area contributed by atoms with Gasteiger partial charge in [-0.3, -0.25) is 9.09 Å². The summed E-state index contributed by atoms with van der Waals surface area (Å²) >= 11 is 0. The summed E-state index contributed by atoms with van der Waals surface area (Å²) in [6.45, 7) is 0. The van der Waals surface area contributed by atoms with Crippen LogP contribution in [0.5, 0.6) is 0 Å². The number of hydrogen-bond donors (Lipinski definition) is 0. The Kier molecular flexibility index (Phi) is 0.761. The smallest absolute Gasteiger partial charge is 0.310 e. The Labute approximate surface area is 35.8 Å². The quantitative estimate of drug-likeness (QED) is 0.368. The number of hydrogen-bond acceptors (Lipinski definition) is 3. The maximum atomic E-state index is 10.2. The standard InChI is InChI=1S/C2H5O3P/c1-4-6(3)2-5-6/h2H2,1H3. The Balaban J connectivity index is 2.49. The van der Waals surface area contributed by atoms with Gasteiger partial charge in [0, 0.05) is 7.11 Å². The molecule has 0 spiro atoms. The molecule has 0 radical (unpaired) electrons. The molecule has 0 bridgehead atoms. The van der Waals surface area contributed by atoms with Gasteiger partial charge >= 0.3 is 7.60 Å². The first-order valence-electron chi connectivity index (χ1n) is 1.56. The molecule has 4 heteroatoms. The second kappa shape index (κ2) is 1.06. The van der Waals surface area contributed by atoms with Gasteiger partial charge < -0.3 is 4.52 Å². The third-order valence-electron chi connectivity index (χ3n) is 0.618. The molecule has 1 saturated heterocycles. The topological polar surface area (TPSA) is 38.8 Å². The van der Waals surface area contributed by atoms with Crippen molar-refractivity contribution in [3.05, 3.63) is 0 Å². The summed E-state index contributed by atoms with van der Waals surface area (Å²) < 4.78 is 19.0. The molecule has 1 aliphatic heterocycles. The predicted octanol–water partition coefficient (Wildman–Crippen LogP) is 0.814. The normalized spacial score (nSPS) is 42.8. The highest BCUT2D eigenvalue weighted by Gasteiger charge is 2.38. The van der Waals surface area contributed by atoms with Crippen molar-refractivity contribution in [2.75, 3.05) is 13.5 Å². The molecule has 6 heavy (non-hydrogen) atoms. The van der Waals surface area contributed by atoms with E-state index in [1.54, 1.807) is 0 Å². The van der Waals surface area contributed by atoms with Crippen molar-refractivity contribution in [2.45, 2.75) is 0 Å². The van der Waals surface area contributed by atoms with E-state index >= 15 is 0 Å². The fraction of sp³-hybridized carbons (Fsp3) is 1.00. The Morgan fingerprint density at radius 3 is 2.50 bits per heavy atom. The third kappa shape index (κ3) is 0.620. The van der Waals surface area contributed by atoms with E-state index in [1.165, 1.54) is 7.11 Å². The van der Waals surface area contributed by atoms with E-state index in [4.69, 9.17) is 0 Å². The van der Waals surface area contributed by atoms with Crippen LogP contribution >= 0.6 is 7.60 Å². The van der Waals surface area contributed by atoms with Crippen molar-refractivity contribution in [1.29, 1.82) is 0 Å². The van der Waals surface area contributed by atoms with E-state index in [-0.39, 0.29) is 0 Å². The Hall–Kier alpha value is 0.150. The van der Waals surface area contributed by atoms with Crippen LogP contribution in [0.1, 0.15) is 0 Å². The maximum Gasteiger partial charge on any atom is 0.357 e. The Morgan fingerprint density at radius 1 is 2.00 bits per heavy atom. The van der Waals surface area contributed by atoms with Crippen LogP contribution in [0.25, 0.3) is 0 Å². The van der Waals surface area contributed by atoms with Crippen LogP contribution in [0.15, 0.2) is 0 Å². The minimum atomic E-state index is -2.40. The van der Waals surface area contributed by atoms with E-state index < -0.39 is 7.60 Å². The molecule has 1 fully saturated rings. The maximum absolute atomic E-state index is 10.2. The zero-order chi connectivity index (χ0) is 4.62. The lowest BCUT2D eigenvalue weighted by atomic mass is 11.7. The molecular formula is C2H5O3P. The van der Waals surface area contributed by atoms with E-state index in [0.717, 1.165) is 0 Å². The Morgan fingerprint density at radius 2 is 2.50 bits per heavy atom. The van der Waals surface area contributed by atoms with Crippen molar-refractivity contribution in [3.8, 4) is 0 Å². The first-order valence-corrected chi connectivity index (χ1v) is 3.29. The van der Waals surface area contributed by atoms with Crippen LogP contribution in [-0.2, 0) is 13.6 Å². The highest BCUT2D eigenvalue weighted by Crippen LogP contribution is 2.62. The molecule has 0 aromatic rings. The molecule has 36 valence electrons. The molecule has 0 amide bonds. The summed E-state index contributed by atoms with van der Waals surface area (Å²) in [6.07, 6.45) is 0.309. The molecule has 1 aliphatic rings. The molecule has 0 aromatic carbocycles. The van der Waals surface area contributed by atoms with E-state index in [2.05, 4.69) is 9.05 Å². The largest absolute Gasteiger partial charge is 0.357 e. The molecule has 0 aliphatic carbocycles. The minimum absolute atomic E-state index is 0.309. The lowest BCUT2D eigenvalue weighted by molar-refractivity contribution is 0.372. The van der Waals surface area contributed by atoms with Crippen molar-refractivity contribution in [1.82, 2.24) is 0 Å². The van der Waals surface area contributed by atoms with Crippen LogP contribution in [0.3, 0.4) is 0 Å². The van der Waals surface area contributed by atoms with Gasteiger partial charge in [-0.15, -0.1) is 0 Å². The van der Waals surface area contributed by atoms with Crippen LogP contribution < -0.4 is 0 Å². The van der Waals surface area contributed by atoms with Gasteiger partial charge in [0.25, 0.3) is 0 Å². The molecule has 0 aromatic heterocycles. The van der Waals surface area contributed by atoms with Gasteiger partial charge in [0.05, 0.1) is 0 Å². The summed E-state index contributed by atoms with van der Waals surface area (Å²) in [4.78, 5) is 0. The summed E-state index contributed by atoms with van der Waals surface area (Å²) in [5, 5.41) is 0. The molecule has 1 heterocycles. The average Bonchev–Trinajstić information content (AvgIpc) is 2.22.